The smallest absolute Gasteiger partial charge is 0.238 e. The summed E-state index contributed by atoms with van der Waals surface area (Å²) in [4.78, 5) is 12.0. The first-order valence-corrected chi connectivity index (χ1v) is 6.56. The zero-order valence-electron chi connectivity index (χ0n) is 11.4. The van der Waals surface area contributed by atoms with E-state index >= 15 is 0 Å². The van der Waals surface area contributed by atoms with Crippen molar-refractivity contribution in [2.24, 2.45) is 0 Å². The lowest BCUT2D eigenvalue weighted by Gasteiger charge is -2.28. The zero-order chi connectivity index (χ0) is 13.7. The molecule has 0 aromatic heterocycles. The Kier molecular flexibility index (Phi) is 4.76. The van der Waals surface area contributed by atoms with Crippen LogP contribution in [-0.4, -0.2) is 38.2 Å². The van der Waals surface area contributed by atoms with Crippen LogP contribution in [0.15, 0.2) is 24.3 Å². The standard InChI is InChI=1S/C14H21N3O2/c1-10-7-16-13(9-15-10)14(18)17-8-11-3-5-12(19-2)6-4-11/h3-6,10,13,15-16H,7-9H2,1-2H3,(H,17,18). The lowest BCUT2D eigenvalue weighted by atomic mass is 10.1. The Morgan fingerprint density at radius 2 is 2.05 bits per heavy atom. The summed E-state index contributed by atoms with van der Waals surface area (Å²) in [5.74, 6) is 0.859. The van der Waals surface area contributed by atoms with Crippen LogP contribution in [0.2, 0.25) is 0 Å². The molecular formula is C14H21N3O2. The van der Waals surface area contributed by atoms with Crippen LogP contribution in [0.4, 0.5) is 0 Å². The number of methoxy groups -OCH3 is 1. The van der Waals surface area contributed by atoms with Crippen LogP contribution in [0.5, 0.6) is 5.75 Å². The van der Waals surface area contributed by atoms with Crippen molar-refractivity contribution in [3.63, 3.8) is 0 Å². The highest BCUT2D eigenvalue weighted by atomic mass is 16.5. The van der Waals surface area contributed by atoms with Gasteiger partial charge in [-0.3, -0.25) is 4.79 Å². The van der Waals surface area contributed by atoms with E-state index in [-0.39, 0.29) is 11.9 Å². The molecule has 1 amide bonds. The van der Waals surface area contributed by atoms with Crippen LogP contribution in [0.25, 0.3) is 0 Å². The second-order valence-electron chi connectivity index (χ2n) is 4.84. The molecule has 1 saturated heterocycles. The molecule has 1 aromatic rings. The third-order valence-electron chi connectivity index (χ3n) is 3.28. The monoisotopic (exact) mass is 263 g/mol. The van der Waals surface area contributed by atoms with Crippen LogP contribution >= 0.6 is 0 Å². The first-order valence-electron chi connectivity index (χ1n) is 6.56. The number of hydrogen-bond acceptors (Lipinski definition) is 4. The number of rotatable bonds is 4. The summed E-state index contributed by atoms with van der Waals surface area (Å²) in [5, 5.41) is 9.45. The maximum Gasteiger partial charge on any atom is 0.238 e. The van der Waals surface area contributed by atoms with Crippen molar-refractivity contribution in [1.82, 2.24) is 16.0 Å². The molecule has 104 valence electrons. The van der Waals surface area contributed by atoms with E-state index < -0.39 is 0 Å². The minimum absolute atomic E-state index is 0.0372. The van der Waals surface area contributed by atoms with E-state index in [0.29, 0.717) is 19.1 Å². The molecule has 0 spiro atoms. The van der Waals surface area contributed by atoms with E-state index in [9.17, 15) is 4.79 Å². The second kappa shape index (κ2) is 6.54. The van der Waals surface area contributed by atoms with Gasteiger partial charge in [0.15, 0.2) is 0 Å². The summed E-state index contributed by atoms with van der Waals surface area (Å²) in [6.07, 6.45) is 0. The summed E-state index contributed by atoms with van der Waals surface area (Å²) < 4.78 is 5.09. The fraction of sp³-hybridized carbons (Fsp3) is 0.500. The van der Waals surface area contributed by atoms with Gasteiger partial charge in [-0.1, -0.05) is 12.1 Å². The molecule has 2 rings (SSSR count). The lowest BCUT2D eigenvalue weighted by molar-refractivity contribution is -0.123. The minimum atomic E-state index is -0.144. The number of benzene rings is 1. The predicted octanol–water partition coefficient (Wildman–Crippen LogP) is 0.261. The van der Waals surface area contributed by atoms with E-state index in [1.54, 1.807) is 7.11 Å². The number of nitrogens with one attached hydrogen (secondary N) is 3. The third kappa shape index (κ3) is 3.94. The van der Waals surface area contributed by atoms with Gasteiger partial charge in [0, 0.05) is 25.7 Å². The molecular weight excluding hydrogens is 242 g/mol. The molecule has 5 heteroatoms. The Morgan fingerprint density at radius 3 is 2.63 bits per heavy atom. The van der Waals surface area contributed by atoms with Crippen molar-refractivity contribution < 1.29 is 9.53 Å². The highest BCUT2D eigenvalue weighted by Gasteiger charge is 2.22. The van der Waals surface area contributed by atoms with Crippen molar-refractivity contribution in [2.75, 3.05) is 20.2 Å². The average Bonchev–Trinajstić information content (AvgIpc) is 2.46. The van der Waals surface area contributed by atoms with Gasteiger partial charge in [0.2, 0.25) is 5.91 Å². The number of carbonyl (C=O) groups excluding carboxylic acids is 1. The van der Waals surface area contributed by atoms with Gasteiger partial charge in [-0.05, 0) is 24.6 Å². The Morgan fingerprint density at radius 1 is 1.32 bits per heavy atom. The molecule has 1 heterocycles. The van der Waals surface area contributed by atoms with Gasteiger partial charge in [0.1, 0.15) is 5.75 Å². The third-order valence-corrected chi connectivity index (χ3v) is 3.28. The van der Waals surface area contributed by atoms with E-state index in [0.717, 1.165) is 17.9 Å². The van der Waals surface area contributed by atoms with Gasteiger partial charge in [0.05, 0.1) is 13.2 Å². The molecule has 3 N–H and O–H groups in total. The Labute approximate surface area is 113 Å². The minimum Gasteiger partial charge on any atom is -0.497 e. The summed E-state index contributed by atoms with van der Waals surface area (Å²) in [6.45, 7) is 4.13. The normalized spacial score (nSPS) is 22.8. The van der Waals surface area contributed by atoms with Crippen LogP contribution in [0.3, 0.4) is 0 Å². The average molecular weight is 263 g/mol. The SMILES string of the molecule is COc1ccc(CNC(=O)C2CNC(C)CN2)cc1. The summed E-state index contributed by atoms with van der Waals surface area (Å²) in [6, 6.07) is 7.97. The zero-order valence-corrected chi connectivity index (χ0v) is 11.4. The molecule has 5 nitrogen and oxygen atoms in total. The van der Waals surface area contributed by atoms with E-state index in [1.165, 1.54) is 0 Å². The number of hydrogen-bond donors (Lipinski definition) is 3. The molecule has 2 unspecified atom stereocenters. The summed E-state index contributed by atoms with van der Waals surface area (Å²) >= 11 is 0. The predicted molar refractivity (Wildman–Crippen MR) is 74.1 cm³/mol. The lowest BCUT2D eigenvalue weighted by Crippen LogP contribution is -2.58. The van der Waals surface area contributed by atoms with Crippen LogP contribution in [0.1, 0.15) is 12.5 Å². The van der Waals surface area contributed by atoms with Crippen molar-refractivity contribution in [2.45, 2.75) is 25.6 Å². The summed E-state index contributed by atoms with van der Waals surface area (Å²) in [5.41, 5.74) is 1.06. The van der Waals surface area contributed by atoms with Crippen molar-refractivity contribution in [3.05, 3.63) is 29.8 Å². The van der Waals surface area contributed by atoms with Gasteiger partial charge < -0.3 is 20.7 Å². The number of carbonyl (C=O) groups is 1. The molecule has 0 bridgehead atoms. The van der Waals surface area contributed by atoms with Crippen molar-refractivity contribution >= 4 is 5.91 Å². The summed E-state index contributed by atoms with van der Waals surface area (Å²) in [7, 11) is 1.64. The molecule has 0 radical (unpaired) electrons. The van der Waals surface area contributed by atoms with E-state index in [1.807, 2.05) is 24.3 Å². The second-order valence-corrected chi connectivity index (χ2v) is 4.84. The van der Waals surface area contributed by atoms with E-state index in [2.05, 4.69) is 22.9 Å². The Bertz CT molecular complexity index is 411. The van der Waals surface area contributed by atoms with Gasteiger partial charge >= 0.3 is 0 Å². The van der Waals surface area contributed by atoms with Crippen LogP contribution < -0.4 is 20.7 Å². The molecule has 0 aliphatic carbocycles. The highest BCUT2D eigenvalue weighted by Crippen LogP contribution is 2.10. The molecule has 0 saturated carbocycles. The van der Waals surface area contributed by atoms with Gasteiger partial charge in [-0.15, -0.1) is 0 Å². The quantitative estimate of drug-likeness (QED) is 0.729. The fourth-order valence-electron chi connectivity index (χ4n) is 2.02. The molecule has 1 aliphatic rings. The maximum atomic E-state index is 12.0. The van der Waals surface area contributed by atoms with Crippen LogP contribution in [-0.2, 0) is 11.3 Å². The molecule has 19 heavy (non-hydrogen) atoms. The van der Waals surface area contributed by atoms with Crippen LogP contribution in [0, 0.1) is 0 Å². The number of piperazine rings is 1. The van der Waals surface area contributed by atoms with Gasteiger partial charge in [0.25, 0.3) is 0 Å². The van der Waals surface area contributed by atoms with Gasteiger partial charge in [-0.2, -0.15) is 0 Å². The first-order chi connectivity index (χ1) is 9.19. The van der Waals surface area contributed by atoms with Gasteiger partial charge in [-0.25, -0.2) is 0 Å². The molecule has 1 aliphatic heterocycles. The first kappa shape index (κ1) is 13.8. The Balaban J connectivity index is 1.79. The topological polar surface area (TPSA) is 62.4 Å². The van der Waals surface area contributed by atoms with Crippen molar-refractivity contribution in [3.8, 4) is 5.75 Å². The highest BCUT2D eigenvalue weighted by molar-refractivity contribution is 5.82. The van der Waals surface area contributed by atoms with E-state index in [4.69, 9.17) is 4.74 Å². The maximum absolute atomic E-state index is 12.0. The molecule has 1 fully saturated rings. The molecule has 2 atom stereocenters. The van der Waals surface area contributed by atoms with Crippen molar-refractivity contribution in [1.29, 1.82) is 0 Å². The number of ether oxygens (including phenoxy) is 1. The number of amides is 1. The Hall–Kier alpha value is -1.59. The largest absolute Gasteiger partial charge is 0.497 e. The molecule has 1 aromatic carbocycles. The fourth-order valence-corrected chi connectivity index (χ4v) is 2.02.